The molecule has 0 fully saturated rings. The van der Waals surface area contributed by atoms with E-state index in [1.54, 1.807) is 15.6 Å². The van der Waals surface area contributed by atoms with Gasteiger partial charge >= 0.3 is 0 Å². The lowest BCUT2D eigenvalue weighted by Gasteiger charge is -2.02. The number of nitrogen functional groups attached to an aromatic ring is 1. The van der Waals surface area contributed by atoms with Gasteiger partial charge in [-0.1, -0.05) is 13.3 Å². The molecule has 0 bridgehead atoms. The largest absolute Gasteiger partial charge is 0.394 e. The Morgan fingerprint density at radius 1 is 1.50 bits per heavy atom. The van der Waals surface area contributed by atoms with Crippen molar-refractivity contribution in [2.75, 3.05) is 5.73 Å². The van der Waals surface area contributed by atoms with Crippen LogP contribution in [0.5, 0.6) is 0 Å². The average Bonchev–Trinajstić information content (AvgIpc) is 2.74. The SMILES string of the molecule is CCCc1nn(C)c(-n2cc(Br)cn2)c1N. The summed E-state index contributed by atoms with van der Waals surface area (Å²) in [6.45, 7) is 2.11. The maximum atomic E-state index is 6.07. The van der Waals surface area contributed by atoms with Crippen molar-refractivity contribution in [3.05, 3.63) is 22.6 Å². The average molecular weight is 284 g/mol. The molecule has 0 amide bonds. The van der Waals surface area contributed by atoms with Gasteiger partial charge in [-0.15, -0.1) is 0 Å². The van der Waals surface area contributed by atoms with E-state index in [2.05, 4.69) is 33.1 Å². The number of hydrogen-bond acceptors (Lipinski definition) is 3. The topological polar surface area (TPSA) is 61.7 Å². The molecule has 0 aromatic carbocycles. The van der Waals surface area contributed by atoms with Crippen molar-refractivity contribution in [1.29, 1.82) is 0 Å². The highest BCUT2D eigenvalue weighted by molar-refractivity contribution is 9.10. The van der Waals surface area contributed by atoms with Crippen LogP contribution < -0.4 is 5.73 Å². The molecule has 86 valence electrons. The lowest BCUT2D eigenvalue weighted by Crippen LogP contribution is -2.05. The molecular weight excluding hydrogens is 270 g/mol. The third-order valence-electron chi connectivity index (χ3n) is 2.38. The maximum absolute atomic E-state index is 6.07. The molecule has 2 aromatic rings. The molecular formula is C10H14BrN5. The van der Waals surface area contributed by atoms with Gasteiger partial charge in [-0.05, 0) is 22.4 Å². The van der Waals surface area contributed by atoms with Crippen molar-refractivity contribution in [3.8, 4) is 5.82 Å². The first-order valence-corrected chi connectivity index (χ1v) is 5.94. The van der Waals surface area contributed by atoms with Crippen LogP contribution in [-0.2, 0) is 13.5 Å². The molecule has 2 aromatic heterocycles. The molecule has 0 unspecified atom stereocenters. The van der Waals surface area contributed by atoms with Crippen molar-refractivity contribution in [2.24, 2.45) is 7.05 Å². The molecule has 0 spiro atoms. The molecule has 6 heteroatoms. The van der Waals surface area contributed by atoms with Gasteiger partial charge in [0.2, 0.25) is 0 Å². The summed E-state index contributed by atoms with van der Waals surface area (Å²) in [6.07, 6.45) is 5.51. The summed E-state index contributed by atoms with van der Waals surface area (Å²) in [5.74, 6) is 0.814. The summed E-state index contributed by atoms with van der Waals surface area (Å²) in [7, 11) is 1.88. The standard InChI is InChI=1S/C10H14BrN5/c1-3-4-8-9(12)10(15(2)14-8)16-6-7(11)5-13-16/h5-6H,3-4,12H2,1-2H3. The lowest BCUT2D eigenvalue weighted by molar-refractivity contribution is 0.685. The number of nitrogens with zero attached hydrogens (tertiary/aromatic N) is 4. The number of aromatic nitrogens is 4. The fourth-order valence-corrected chi connectivity index (χ4v) is 1.98. The fourth-order valence-electron chi connectivity index (χ4n) is 1.70. The van der Waals surface area contributed by atoms with Gasteiger partial charge in [0.15, 0.2) is 5.82 Å². The normalized spacial score (nSPS) is 10.9. The molecule has 0 atom stereocenters. The predicted molar refractivity (Wildman–Crippen MR) is 66.4 cm³/mol. The number of aryl methyl sites for hydroxylation is 2. The minimum absolute atomic E-state index is 0.708. The summed E-state index contributed by atoms with van der Waals surface area (Å²) in [6, 6.07) is 0. The van der Waals surface area contributed by atoms with E-state index in [4.69, 9.17) is 5.73 Å². The van der Waals surface area contributed by atoms with Crippen molar-refractivity contribution in [2.45, 2.75) is 19.8 Å². The third kappa shape index (κ3) is 1.84. The Morgan fingerprint density at radius 2 is 2.25 bits per heavy atom. The Morgan fingerprint density at radius 3 is 2.81 bits per heavy atom. The smallest absolute Gasteiger partial charge is 0.175 e. The fraction of sp³-hybridized carbons (Fsp3) is 0.400. The molecule has 2 rings (SSSR count). The molecule has 2 heterocycles. The number of hydrogen-bond donors (Lipinski definition) is 1. The van der Waals surface area contributed by atoms with Gasteiger partial charge in [0.1, 0.15) is 5.69 Å². The summed E-state index contributed by atoms with van der Waals surface area (Å²) < 4.78 is 4.41. The molecule has 0 saturated heterocycles. The highest BCUT2D eigenvalue weighted by atomic mass is 79.9. The summed E-state index contributed by atoms with van der Waals surface area (Å²) in [4.78, 5) is 0. The van der Waals surface area contributed by atoms with E-state index in [0.29, 0.717) is 5.69 Å². The molecule has 0 aliphatic heterocycles. The Labute approximate surface area is 102 Å². The number of anilines is 1. The van der Waals surface area contributed by atoms with Crippen LogP contribution >= 0.6 is 15.9 Å². The molecule has 0 aliphatic carbocycles. The van der Waals surface area contributed by atoms with Crippen LogP contribution in [0.4, 0.5) is 5.69 Å². The van der Waals surface area contributed by atoms with Gasteiger partial charge in [0.25, 0.3) is 0 Å². The monoisotopic (exact) mass is 283 g/mol. The van der Waals surface area contributed by atoms with Crippen LogP contribution in [0.3, 0.4) is 0 Å². The molecule has 2 N–H and O–H groups in total. The zero-order valence-corrected chi connectivity index (χ0v) is 10.9. The molecule has 16 heavy (non-hydrogen) atoms. The van der Waals surface area contributed by atoms with E-state index < -0.39 is 0 Å². The minimum atomic E-state index is 0.708. The lowest BCUT2D eigenvalue weighted by atomic mass is 10.2. The van der Waals surface area contributed by atoms with Gasteiger partial charge in [-0.2, -0.15) is 10.2 Å². The quantitative estimate of drug-likeness (QED) is 0.936. The summed E-state index contributed by atoms with van der Waals surface area (Å²) in [5, 5.41) is 8.61. The zero-order chi connectivity index (χ0) is 11.7. The highest BCUT2D eigenvalue weighted by Gasteiger charge is 2.14. The van der Waals surface area contributed by atoms with E-state index in [9.17, 15) is 0 Å². The van der Waals surface area contributed by atoms with Crippen molar-refractivity contribution >= 4 is 21.6 Å². The van der Waals surface area contributed by atoms with E-state index in [-0.39, 0.29) is 0 Å². The molecule has 0 saturated carbocycles. The third-order valence-corrected chi connectivity index (χ3v) is 2.79. The van der Waals surface area contributed by atoms with Gasteiger partial charge in [0.05, 0.1) is 16.4 Å². The van der Waals surface area contributed by atoms with Crippen molar-refractivity contribution in [1.82, 2.24) is 19.6 Å². The van der Waals surface area contributed by atoms with Crippen molar-refractivity contribution in [3.63, 3.8) is 0 Å². The molecule has 0 radical (unpaired) electrons. The molecule has 0 aliphatic rings. The number of halogens is 1. The Balaban J connectivity index is 2.48. The Bertz CT molecular complexity index is 499. The number of rotatable bonds is 3. The van der Waals surface area contributed by atoms with Gasteiger partial charge in [-0.25, -0.2) is 9.36 Å². The minimum Gasteiger partial charge on any atom is -0.394 e. The first-order chi connectivity index (χ1) is 7.63. The van der Waals surface area contributed by atoms with E-state index in [0.717, 1.165) is 28.8 Å². The van der Waals surface area contributed by atoms with E-state index >= 15 is 0 Å². The zero-order valence-electron chi connectivity index (χ0n) is 9.31. The Hall–Kier alpha value is -1.30. The van der Waals surface area contributed by atoms with Crippen LogP contribution in [0.2, 0.25) is 0 Å². The predicted octanol–water partition coefficient (Wildman–Crippen LogP) is 1.90. The summed E-state index contributed by atoms with van der Waals surface area (Å²) >= 11 is 3.36. The van der Waals surface area contributed by atoms with Crippen LogP contribution in [0.1, 0.15) is 19.0 Å². The van der Waals surface area contributed by atoms with Crippen LogP contribution in [0.25, 0.3) is 5.82 Å². The number of nitrogens with two attached hydrogens (primary N) is 1. The van der Waals surface area contributed by atoms with Crippen LogP contribution in [0, 0.1) is 0 Å². The molecule has 5 nitrogen and oxygen atoms in total. The Kier molecular flexibility index (Phi) is 3.00. The second-order valence-corrected chi connectivity index (χ2v) is 4.58. The van der Waals surface area contributed by atoms with Gasteiger partial charge < -0.3 is 5.73 Å². The van der Waals surface area contributed by atoms with E-state index in [1.807, 2.05) is 13.2 Å². The second kappa shape index (κ2) is 4.29. The van der Waals surface area contributed by atoms with Crippen LogP contribution in [0.15, 0.2) is 16.9 Å². The first-order valence-electron chi connectivity index (χ1n) is 5.15. The second-order valence-electron chi connectivity index (χ2n) is 3.66. The first kappa shape index (κ1) is 11.2. The van der Waals surface area contributed by atoms with Gasteiger partial charge in [-0.3, -0.25) is 0 Å². The van der Waals surface area contributed by atoms with E-state index in [1.165, 1.54) is 0 Å². The van der Waals surface area contributed by atoms with Gasteiger partial charge in [0, 0.05) is 13.2 Å². The maximum Gasteiger partial charge on any atom is 0.175 e. The van der Waals surface area contributed by atoms with Crippen molar-refractivity contribution < 1.29 is 0 Å². The van der Waals surface area contributed by atoms with Crippen LogP contribution in [-0.4, -0.2) is 19.6 Å². The highest BCUT2D eigenvalue weighted by Crippen LogP contribution is 2.22. The summed E-state index contributed by atoms with van der Waals surface area (Å²) in [5.41, 5.74) is 7.72.